The molecule has 2 unspecified atom stereocenters. The van der Waals surface area contributed by atoms with E-state index in [1.54, 1.807) is 13.8 Å². The Morgan fingerprint density at radius 2 is 1.71 bits per heavy atom. The molecule has 4 aliphatic rings. The summed E-state index contributed by atoms with van der Waals surface area (Å²) in [6.07, 6.45) is 9.75. The molecule has 0 spiro atoms. The number of fused-ring (bicyclic) bond motifs is 4. The fourth-order valence-electron chi connectivity index (χ4n) is 4.79. The minimum atomic E-state index is -5.94. The van der Waals surface area contributed by atoms with Crippen LogP contribution < -0.4 is 0 Å². The van der Waals surface area contributed by atoms with Gasteiger partial charge in [0.05, 0.1) is 5.92 Å². The van der Waals surface area contributed by atoms with Crippen molar-refractivity contribution in [3.8, 4) is 0 Å². The Morgan fingerprint density at radius 1 is 1.13 bits per heavy atom. The van der Waals surface area contributed by atoms with Crippen LogP contribution in [0.1, 0.15) is 65.2 Å². The van der Waals surface area contributed by atoms with Crippen molar-refractivity contribution >= 4 is 22.1 Å². The Kier molecular flexibility index (Phi) is 6.36. The van der Waals surface area contributed by atoms with Gasteiger partial charge in [0.15, 0.2) is 0 Å². The molecule has 0 heterocycles. The second kappa shape index (κ2) is 8.27. The summed E-state index contributed by atoms with van der Waals surface area (Å²) in [5.41, 5.74) is 0.137. The molecule has 4 aliphatic carbocycles. The van der Waals surface area contributed by atoms with E-state index in [-0.39, 0.29) is 18.3 Å². The van der Waals surface area contributed by atoms with Gasteiger partial charge in [0.1, 0.15) is 12.2 Å². The molecule has 2 atom stereocenters. The Bertz CT molecular complexity index is 908. The van der Waals surface area contributed by atoms with Crippen molar-refractivity contribution in [3.63, 3.8) is 0 Å². The van der Waals surface area contributed by atoms with Gasteiger partial charge in [-0.05, 0) is 38.7 Å². The topological polar surface area (TPSA) is 107 Å². The molecule has 0 amide bonds. The third kappa shape index (κ3) is 5.34. The van der Waals surface area contributed by atoms with Gasteiger partial charge >= 0.3 is 27.3 Å². The number of rotatable bonds is 6. The fraction of sp³-hybridized carbons (Fsp3) is 0.714. The van der Waals surface area contributed by atoms with Gasteiger partial charge < -0.3 is 9.47 Å². The molecule has 0 aromatic carbocycles. The highest BCUT2D eigenvalue weighted by atomic mass is 32.2. The number of carbonyl (C=O) groups is 2. The summed E-state index contributed by atoms with van der Waals surface area (Å²) in [7, 11) is -5.94. The van der Waals surface area contributed by atoms with Crippen molar-refractivity contribution in [2.24, 2.45) is 11.3 Å². The highest BCUT2D eigenvalue weighted by Crippen LogP contribution is 2.45. The summed E-state index contributed by atoms with van der Waals surface area (Å²) in [5, 5.41) is -5.06. The molecular weight excluding hydrogens is 434 g/mol. The number of alkyl halides is 2. The van der Waals surface area contributed by atoms with Crippen LogP contribution in [-0.2, 0) is 29.2 Å². The number of carbonyl (C=O) groups excluding carboxylic acids is 2. The van der Waals surface area contributed by atoms with Crippen LogP contribution in [0.3, 0.4) is 0 Å². The second-order valence-electron chi connectivity index (χ2n) is 9.43. The van der Waals surface area contributed by atoms with Crippen molar-refractivity contribution in [2.75, 3.05) is 6.61 Å². The number of halogens is 2. The first-order valence-corrected chi connectivity index (χ1v) is 11.8. The van der Waals surface area contributed by atoms with Gasteiger partial charge in [-0.25, -0.2) is 4.79 Å². The number of esters is 2. The lowest BCUT2D eigenvalue weighted by atomic mass is 9.70. The van der Waals surface area contributed by atoms with Crippen LogP contribution in [0.25, 0.3) is 0 Å². The molecule has 0 aromatic heterocycles. The van der Waals surface area contributed by atoms with E-state index in [4.69, 9.17) is 9.29 Å². The van der Waals surface area contributed by atoms with Crippen molar-refractivity contribution < 1.29 is 40.8 Å². The van der Waals surface area contributed by atoms with Crippen molar-refractivity contribution in [1.29, 1.82) is 0 Å². The zero-order valence-corrected chi connectivity index (χ0v) is 18.5. The summed E-state index contributed by atoms with van der Waals surface area (Å²) in [5.74, 6) is -2.80. The van der Waals surface area contributed by atoms with E-state index in [2.05, 4.69) is 4.74 Å². The monoisotopic (exact) mass is 462 g/mol. The third-order valence-corrected chi connectivity index (χ3v) is 6.91. The molecule has 7 nitrogen and oxygen atoms in total. The molecule has 2 fully saturated rings. The number of ether oxygens (including phenoxy) is 2. The van der Waals surface area contributed by atoms with Gasteiger partial charge in [-0.2, -0.15) is 17.2 Å². The predicted molar refractivity (Wildman–Crippen MR) is 107 cm³/mol. The maximum Gasteiger partial charge on any atom is 0.465 e. The maximum absolute atomic E-state index is 13.6. The van der Waals surface area contributed by atoms with E-state index in [0.717, 1.165) is 43.3 Å². The van der Waals surface area contributed by atoms with Gasteiger partial charge in [0.2, 0.25) is 0 Å². The van der Waals surface area contributed by atoms with Gasteiger partial charge in [-0.1, -0.05) is 43.4 Å². The van der Waals surface area contributed by atoms with Crippen LogP contribution >= 0.6 is 0 Å². The molecule has 1 N–H and O–H groups in total. The average Bonchev–Trinajstić information content (AvgIpc) is 2.62. The third-order valence-electron chi connectivity index (χ3n) is 6.09. The highest BCUT2D eigenvalue weighted by Gasteiger charge is 2.55. The second-order valence-corrected chi connectivity index (χ2v) is 10.9. The Hall–Kier alpha value is -1.81. The first-order valence-electron chi connectivity index (χ1n) is 10.4. The number of allylic oxidation sites excluding steroid dienone is 2. The molecule has 0 radical (unpaired) electrons. The first-order chi connectivity index (χ1) is 14.2. The Labute approximate surface area is 180 Å². The minimum absolute atomic E-state index is 0.163. The number of hydrogen-bond donors (Lipinski definition) is 1. The van der Waals surface area contributed by atoms with E-state index in [1.165, 1.54) is 0 Å². The van der Waals surface area contributed by atoms with Crippen LogP contribution in [0.5, 0.6) is 0 Å². The average molecular weight is 463 g/mol. The molecule has 2 bridgehead atoms. The van der Waals surface area contributed by atoms with E-state index >= 15 is 0 Å². The lowest BCUT2D eigenvalue weighted by Crippen LogP contribution is -2.44. The summed E-state index contributed by atoms with van der Waals surface area (Å²) >= 11 is 0. The highest BCUT2D eigenvalue weighted by molar-refractivity contribution is 7.87. The zero-order chi connectivity index (χ0) is 23.1. The quantitative estimate of drug-likeness (QED) is 0.362. The van der Waals surface area contributed by atoms with E-state index < -0.39 is 39.0 Å². The van der Waals surface area contributed by atoms with Gasteiger partial charge in [0, 0.05) is 11.8 Å². The largest absolute Gasteiger partial charge is 0.465 e. The van der Waals surface area contributed by atoms with Gasteiger partial charge in [-0.15, -0.1) is 0 Å². The smallest absolute Gasteiger partial charge is 0.459 e. The van der Waals surface area contributed by atoms with Crippen LogP contribution in [-0.4, -0.2) is 42.4 Å². The Morgan fingerprint density at radius 3 is 2.29 bits per heavy atom. The summed E-state index contributed by atoms with van der Waals surface area (Å²) in [6, 6.07) is 0. The zero-order valence-electron chi connectivity index (χ0n) is 17.7. The van der Waals surface area contributed by atoms with Crippen LogP contribution in [0, 0.1) is 11.3 Å². The SMILES string of the molecule is CC1(COC(=O)C(F)(F)S(=O)(=O)O)C=C2CC(=CC(C)(OC(=O)C3CCCCC3)C1)C2. The molecule has 0 aliphatic heterocycles. The molecule has 0 aromatic rings. The summed E-state index contributed by atoms with van der Waals surface area (Å²) in [4.78, 5) is 24.4. The lowest BCUT2D eigenvalue weighted by molar-refractivity contribution is -0.169. The molecule has 0 saturated heterocycles. The van der Waals surface area contributed by atoms with Crippen molar-refractivity contribution in [3.05, 3.63) is 23.3 Å². The molecule has 10 heteroatoms. The minimum Gasteiger partial charge on any atom is -0.459 e. The van der Waals surface area contributed by atoms with Crippen LogP contribution in [0.4, 0.5) is 8.78 Å². The standard InChI is InChI=1S/C21H28F2O7S/c1-19(13-29-18(25)21(22,23)31(26,27)28)10-14-8-15(9-14)11-20(2,12-19)30-17(24)16-6-4-3-5-7-16/h10-11,16H,3-9,12-13H2,1-2H3,(H,26,27,28). The van der Waals surface area contributed by atoms with Gasteiger partial charge in [-0.3, -0.25) is 9.35 Å². The fourth-order valence-corrected chi connectivity index (χ4v) is 5.06. The normalized spacial score (nSPS) is 29.6. The van der Waals surface area contributed by atoms with Crippen molar-refractivity contribution in [1.82, 2.24) is 0 Å². The van der Waals surface area contributed by atoms with E-state index in [9.17, 15) is 26.8 Å². The summed E-state index contributed by atoms with van der Waals surface area (Å²) in [6.45, 7) is 2.85. The maximum atomic E-state index is 13.6. The van der Waals surface area contributed by atoms with Crippen molar-refractivity contribution in [2.45, 2.75) is 76.1 Å². The predicted octanol–water partition coefficient (Wildman–Crippen LogP) is 3.95. The lowest BCUT2D eigenvalue weighted by Gasteiger charge is -2.42. The first kappa shape index (κ1) is 23.8. The van der Waals surface area contributed by atoms with Gasteiger partial charge in [0.25, 0.3) is 0 Å². The molecule has 4 rings (SSSR count). The molecular formula is C21H28F2O7S. The van der Waals surface area contributed by atoms with Crippen LogP contribution in [0.2, 0.25) is 0 Å². The Balaban J connectivity index is 1.75. The molecule has 2 saturated carbocycles. The molecule has 174 valence electrons. The number of hydrogen-bond acceptors (Lipinski definition) is 6. The van der Waals surface area contributed by atoms with E-state index in [1.807, 2.05) is 12.2 Å². The van der Waals surface area contributed by atoms with Crippen LogP contribution in [0.15, 0.2) is 23.3 Å². The molecule has 31 heavy (non-hydrogen) atoms. The summed E-state index contributed by atoms with van der Waals surface area (Å²) < 4.78 is 67.8. The van der Waals surface area contributed by atoms with E-state index in [0.29, 0.717) is 12.8 Å².